The summed E-state index contributed by atoms with van der Waals surface area (Å²) in [5, 5.41) is 97.6. The van der Waals surface area contributed by atoms with E-state index in [0.717, 1.165) is 0 Å². The molecule has 0 aliphatic heterocycles. The Balaban J connectivity index is -0.0000000289. The molecular formula is C12H30Er2O24. The third-order valence-electron chi connectivity index (χ3n) is 2.42. The number of carbonyl (C=O) groups is 6. The molecule has 6 atom stereocenters. The Kier molecular flexibility index (Phi) is 66.8. The van der Waals surface area contributed by atoms with E-state index >= 15 is 0 Å². The molecule has 0 aromatic carbocycles. The van der Waals surface area contributed by atoms with Crippen LogP contribution in [-0.2, 0) is 28.8 Å². The smallest absolute Gasteiger partial charge is 0.335 e. The molecule has 0 heterocycles. The molecular weight excluding hydrogens is 863 g/mol. The first-order chi connectivity index (χ1) is 13.4. The summed E-state index contributed by atoms with van der Waals surface area (Å²) in [5.74, 6) is -10.6. The number of rotatable bonds is 9. The second-order valence-corrected chi connectivity index (χ2v) is 4.70. The normalized spacial score (nSPS) is 12.5. The topological polar surface area (TPSA) is 534 Å². The number of hydrogen-bond acceptors (Lipinski definition) is 12. The van der Waals surface area contributed by atoms with Crippen LogP contribution in [0.15, 0.2) is 0 Å². The van der Waals surface area contributed by atoms with Crippen LogP contribution in [0, 0.1) is 74.6 Å². The molecule has 0 aliphatic carbocycles. The van der Waals surface area contributed by atoms with E-state index in [0.29, 0.717) is 0 Å². The van der Waals surface area contributed by atoms with E-state index in [1.54, 1.807) is 0 Å². The number of aliphatic carboxylic acids is 6. The first-order valence-electron chi connectivity index (χ1n) is 6.85. The maximum absolute atomic E-state index is 9.77. The van der Waals surface area contributed by atoms with Gasteiger partial charge in [0.25, 0.3) is 0 Å². The van der Waals surface area contributed by atoms with Crippen LogP contribution in [0.4, 0.5) is 0 Å². The van der Waals surface area contributed by atoms with Crippen molar-refractivity contribution in [3.05, 3.63) is 0 Å². The minimum absolute atomic E-state index is 0. The van der Waals surface area contributed by atoms with Crippen molar-refractivity contribution in [2.75, 3.05) is 0 Å². The number of aliphatic hydroxyl groups is 6. The monoisotopic (exact) mass is 890 g/mol. The first-order valence-corrected chi connectivity index (χ1v) is 6.85. The van der Waals surface area contributed by atoms with Crippen LogP contribution >= 0.6 is 0 Å². The Bertz CT molecular complexity index is 502. The Morgan fingerprint density at radius 1 is 0.289 bits per heavy atom. The van der Waals surface area contributed by atoms with Gasteiger partial charge in [0.05, 0.1) is 0 Å². The van der Waals surface area contributed by atoms with Crippen LogP contribution in [0.25, 0.3) is 0 Å². The molecule has 0 radical (unpaired) electrons. The van der Waals surface area contributed by atoms with E-state index in [-0.39, 0.29) is 107 Å². The van der Waals surface area contributed by atoms with Crippen molar-refractivity contribution in [2.24, 2.45) is 0 Å². The molecule has 0 aromatic rings. The summed E-state index contributed by atoms with van der Waals surface area (Å²) in [6, 6.07) is 0. The molecule has 246 valence electrons. The van der Waals surface area contributed by atoms with Gasteiger partial charge in [-0.1, -0.05) is 0 Å². The van der Waals surface area contributed by atoms with Crippen molar-refractivity contribution in [3.8, 4) is 0 Å². The van der Waals surface area contributed by atoms with Crippen molar-refractivity contribution in [2.45, 2.75) is 36.6 Å². The van der Waals surface area contributed by atoms with Crippen LogP contribution in [0.2, 0.25) is 0 Å². The van der Waals surface area contributed by atoms with Crippen LogP contribution in [0.1, 0.15) is 0 Å². The summed E-state index contributed by atoms with van der Waals surface area (Å²) < 4.78 is 0. The van der Waals surface area contributed by atoms with E-state index in [9.17, 15) is 28.8 Å². The van der Waals surface area contributed by atoms with E-state index in [4.69, 9.17) is 61.3 Å². The van der Waals surface area contributed by atoms with E-state index < -0.39 is 72.4 Å². The molecule has 6 unspecified atom stereocenters. The van der Waals surface area contributed by atoms with Gasteiger partial charge in [0.2, 0.25) is 0 Å². The molecule has 0 amide bonds. The average Bonchev–Trinajstić information content (AvgIpc) is 2.64. The fourth-order valence-electron chi connectivity index (χ4n) is 0.810. The van der Waals surface area contributed by atoms with Gasteiger partial charge in [-0.15, -0.1) is 0 Å². The molecule has 0 saturated carbocycles. The minimum atomic E-state index is -2.27. The molecule has 0 bridgehead atoms. The summed E-state index contributed by atoms with van der Waals surface area (Å²) >= 11 is 0. The van der Waals surface area contributed by atoms with Gasteiger partial charge in [0.1, 0.15) is 0 Å². The number of carboxylic acid groups (broad SMARTS) is 6. The molecule has 0 spiro atoms. The van der Waals surface area contributed by atoms with Crippen molar-refractivity contribution >= 4 is 35.8 Å². The Labute approximate surface area is 268 Å². The second-order valence-electron chi connectivity index (χ2n) is 4.70. The Morgan fingerprint density at radius 3 is 0.368 bits per heavy atom. The second kappa shape index (κ2) is 35.8. The SMILES string of the molecule is O.O.O.O.O.O.O=C(O)C(O)C(O)C(=O)O.O=C(O)C(O)C(O)C(=O)O.O=C(O)C(O)C(O)C(=O)O.[Er].[Er]. The zero-order valence-corrected chi connectivity index (χ0v) is 21.6. The van der Waals surface area contributed by atoms with Gasteiger partial charge >= 0.3 is 35.8 Å². The van der Waals surface area contributed by atoms with Gasteiger partial charge in [0.15, 0.2) is 36.6 Å². The molecule has 0 aliphatic rings. The summed E-state index contributed by atoms with van der Waals surface area (Å²) in [4.78, 5) is 58.6. The standard InChI is InChI=1S/3C4H6O6.2Er.6H2O/c3*5-1(3(7)8)2(6)4(9)10;;;;;;;;/h3*1-2,5-6H,(H,7,8)(H,9,10);;;6*1H2. The van der Waals surface area contributed by atoms with Crippen molar-refractivity contribution in [3.63, 3.8) is 0 Å². The van der Waals surface area contributed by atoms with Crippen LogP contribution < -0.4 is 0 Å². The molecule has 0 rings (SSSR count). The zero-order valence-electron chi connectivity index (χ0n) is 17.9. The zero-order chi connectivity index (χ0) is 24.9. The van der Waals surface area contributed by atoms with Gasteiger partial charge in [-0.25, -0.2) is 28.8 Å². The molecule has 24 nitrogen and oxygen atoms in total. The van der Waals surface area contributed by atoms with Gasteiger partial charge in [-0.2, -0.15) is 0 Å². The molecule has 24 N–H and O–H groups in total. The largest absolute Gasteiger partial charge is 0.479 e. The maximum atomic E-state index is 9.77. The molecule has 26 heteroatoms. The summed E-state index contributed by atoms with van der Waals surface area (Å²) in [6.07, 6.45) is -13.6. The quantitative estimate of drug-likeness (QED) is 0.102. The fourth-order valence-corrected chi connectivity index (χ4v) is 0.810. The van der Waals surface area contributed by atoms with Crippen molar-refractivity contribution < 1.29 is 198 Å². The minimum Gasteiger partial charge on any atom is -0.479 e. The number of carboxylic acids is 6. The van der Waals surface area contributed by atoms with Crippen LogP contribution in [0.3, 0.4) is 0 Å². The van der Waals surface area contributed by atoms with Crippen LogP contribution in [-0.4, -0.2) is 167 Å². The van der Waals surface area contributed by atoms with E-state index in [1.165, 1.54) is 0 Å². The average molecular weight is 893 g/mol. The predicted molar refractivity (Wildman–Crippen MR) is 104 cm³/mol. The van der Waals surface area contributed by atoms with Crippen LogP contribution in [0.5, 0.6) is 0 Å². The van der Waals surface area contributed by atoms with E-state index in [1.807, 2.05) is 0 Å². The van der Waals surface area contributed by atoms with Gasteiger partial charge < -0.3 is 94.1 Å². The third-order valence-corrected chi connectivity index (χ3v) is 2.42. The number of hydrogen-bond donors (Lipinski definition) is 12. The summed E-state index contributed by atoms with van der Waals surface area (Å²) in [6.45, 7) is 0. The summed E-state index contributed by atoms with van der Waals surface area (Å²) in [7, 11) is 0. The fraction of sp³-hybridized carbons (Fsp3) is 0.500. The van der Waals surface area contributed by atoms with E-state index in [2.05, 4.69) is 0 Å². The summed E-state index contributed by atoms with van der Waals surface area (Å²) in [5.41, 5.74) is 0. The van der Waals surface area contributed by atoms with Gasteiger partial charge in [-0.05, 0) is 0 Å². The molecule has 0 aromatic heterocycles. The first kappa shape index (κ1) is 70.9. The number of aliphatic hydroxyl groups excluding tert-OH is 6. The van der Waals surface area contributed by atoms with Gasteiger partial charge in [0, 0.05) is 74.6 Å². The predicted octanol–water partition coefficient (Wildman–Crippen LogP) is -11.3. The van der Waals surface area contributed by atoms with Crippen molar-refractivity contribution in [1.82, 2.24) is 0 Å². The maximum Gasteiger partial charge on any atom is 0.335 e. The third kappa shape index (κ3) is 32.9. The van der Waals surface area contributed by atoms with Gasteiger partial charge in [-0.3, -0.25) is 0 Å². The molecule has 0 saturated heterocycles. The molecule has 0 fully saturated rings. The Hall–Kier alpha value is -1.17. The van der Waals surface area contributed by atoms with Crippen molar-refractivity contribution in [1.29, 1.82) is 0 Å². The molecule has 38 heavy (non-hydrogen) atoms. The Morgan fingerprint density at radius 2 is 0.342 bits per heavy atom.